The summed E-state index contributed by atoms with van der Waals surface area (Å²) in [4.78, 5) is 11.0. The number of ketones is 1. The normalized spacial score (nSPS) is 11.6. The summed E-state index contributed by atoms with van der Waals surface area (Å²) in [5.74, 6) is 0.413. The quantitative estimate of drug-likeness (QED) is 0.646. The third kappa shape index (κ3) is 3.41. The van der Waals surface area contributed by atoms with Crippen molar-refractivity contribution in [3.63, 3.8) is 0 Å². The summed E-state index contributed by atoms with van der Waals surface area (Å²) < 4.78 is 0. The van der Waals surface area contributed by atoms with E-state index in [4.69, 9.17) is 0 Å². The van der Waals surface area contributed by atoms with Gasteiger partial charge in [0.1, 0.15) is 0 Å². The van der Waals surface area contributed by atoms with Crippen molar-refractivity contribution >= 4 is 19.0 Å². The molecule has 0 aliphatic carbocycles. The number of carbonyl (C=O) groups excluding carboxylic acids is 1. The van der Waals surface area contributed by atoms with E-state index in [0.29, 0.717) is 5.78 Å². The zero-order chi connectivity index (χ0) is 8.91. The van der Waals surface area contributed by atoms with Crippen molar-refractivity contribution < 1.29 is 4.79 Å². The molecule has 0 amide bonds. The number of Topliss-reactive ketones (excluding diaryl/α,β-unsaturated/α-hetero) is 1. The van der Waals surface area contributed by atoms with Crippen LogP contribution in [0.2, 0.25) is 21.0 Å². The first-order valence-electron chi connectivity index (χ1n) is 4.59. The molecule has 0 atom stereocenters. The van der Waals surface area contributed by atoms with Crippen molar-refractivity contribution in [2.45, 2.75) is 48.7 Å². The molecular formula is C9H20GeO. The van der Waals surface area contributed by atoms with Gasteiger partial charge in [-0.15, -0.1) is 0 Å². The van der Waals surface area contributed by atoms with E-state index >= 15 is 0 Å². The second-order valence-electron chi connectivity index (χ2n) is 3.44. The van der Waals surface area contributed by atoms with E-state index in [1.807, 2.05) is 0 Å². The monoisotopic (exact) mass is 218 g/mol. The molecule has 0 bridgehead atoms. The zero-order valence-corrected chi connectivity index (χ0v) is 10.3. The van der Waals surface area contributed by atoms with Gasteiger partial charge in [-0.2, -0.15) is 0 Å². The SMILES string of the molecule is C[CH2][Ge]([CH2]C)([CH2]C)[CH2]C(C)=O. The van der Waals surface area contributed by atoms with E-state index < -0.39 is 13.3 Å². The molecule has 0 saturated heterocycles. The van der Waals surface area contributed by atoms with Gasteiger partial charge in [0.2, 0.25) is 0 Å². The van der Waals surface area contributed by atoms with Crippen LogP contribution in [0.15, 0.2) is 0 Å². The molecule has 66 valence electrons. The Bertz CT molecular complexity index is 119. The Hall–Kier alpha value is 0.213. The third-order valence-electron chi connectivity index (χ3n) is 2.87. The molecule has 0 saturated carbocycles. The van der Waals surface area contributed by atoms with Crippen LogP contribution in [0.4, 0.5) is 0 Å². The molecule has 0 aromatic carbocycles. The first kappa shape index (κ1) is 11.2. The Balaban J connectivity index is 4.16. The predicted octanol–water partition coefficient (Wildman–Crippen LogP) is 3.08. The summed E-state index contributed by atoms with van der Waals surface area (Å²) in [5.41, 5.74) is 0. The first-order valence-corrected chi connectivity index (χ1v) is 10.5. The minimum atomic E-state index is -1.63. The molecule has 1 nitrogen and oxygen atoms in total. The zero-order valence-electron chi connectivity index (χ0n) is 8.24. The van der Waals surface area contributed by atoms with E-state index in [9.17, 15) is 4.79 Å². The second-order valence-corrected chi connectivity index (χ2v) is 14.9. The van der Waals surface area contributed by atoms with E-state index in [2.05, 4.69) is 20.8 Å². The van der Waals surface area contributed by atoms with E-state index in [1.54, 1.807) is 6.92 Å². The van der Waals surface area contributed by atoms with Crippen molar-refractivity contribution in [3.8, 4) is 0 Å². The molecule has 0 aromatic rings. The summed E-state index contributed by atoms with van der Waals surface area (Å²) in [7, 11) is 0. The van der Waals surface area contributed by atoms with Crippen molar-refractivity contribution in [3.05, 3.63) is 0 Å². The molecule has 11 heavy (non-hydrogen) atoms. The second kappa shape index (κ2) is 4.97. The van der Waals surface area contributed by atoms with Crippen molar-refractivity contribution in [1.82, 2.24) is 0 Å². The minimum absolute atomic E-state index is 0.413. The van der Waals surface area contributed by atoms with Gasteiger partial charge in [-0.25, -0.2) is 0 Å². The number of hydrogen-bond donors (Lipinski definition) is 0. The van der Waals surface area contributed by atoms with Gasteiger partial charge in [0.05, 0.1) is 0 Å². The molecule has 0 fully saturated rings. The maximum absolute atomic E-state index is 11.0. The molecule has 0 N–H and O–H groups in total. The molecule has 0 radical (unpaired) electrons. The van der Waals surface area contributed by atoms with Crippen LogP contribution in [0, 0.1) is 0 Å². The van der Waals surface area contributed by atoms with E-state index in [-0.39, 0.29) is 0 Å². The fourth-order valence-corrected chi connectivity index (χ4v) is 8.59. The van der Waals surface area contributed by atoms with Crippen LogP contribution in [0.3, 0.4) is 0 Å². The molecule has 0 rings (SSSR count). The molecule has 0 heterocycles. The molecule has 0 aliphatic rings. The van der Waals surface area contributed by atoms with Gasteiger partial charge in [0, 0.05) is 0 Å². The predicted molar refractivity (Wildman–Crippen MR) is 52.7 cm³/mol. The molecule has 0 spiro atoms. The van der Waals surface area contributed by atoms with Crippen LogP contribution in [0.25, 0.3) is 0 Å². The van der Waals surface area contributed by atoms with Crippen LogP contribution >= 0.6 is 0 Å². The van der Waals surface area contributed by atoms with Crippen LogP contribution in [-0.2, 0) is 4.79 Å². The average molecular weight is 217 g/mol. The molecule has 0 aromatic heterocycles. The van der Waals surface area contributed by atoms with Gasteiger partial charge in [-0.1, -0.05) is 0 Å². The summed E-state index contributed by atoms with van der Waals surface area (Å²) in [5, 5.41) is 4.88. The number of carbonyl (C=O) groups is 1. The molecular weight excluding hydrogens is 197 g/mol. The Morgan fingerprint density at radius 3 is 1.55 bits per heavy atom. The van der Waals surface area contributed by atoms with E-state index in [0.717, 1.165) is 5.25 Å². The van der Waals surface area contributed by atoms with Gasteiger partial charge in [0.15, 0.2) is 0 Å². The van der Waals surface area contributed by atoms with Gasteiger partial charge in [0.25, 0.3) is 0 Å². The van der Waals surface area contributed by atoms with Crippen molar-refractivity contribution in [1.29, 1.82) is 0 Å². The third-order valence-corrected chi connectivity index (χ3v) is 14.9. The molecule has 0 aliphatic heterocycles. The van der Waals surface area contributed by atoms with Gasteiger partial charge >= 0.3 is 72.6 Å². The Morgan fingerprint density at radius 1 is 1.09 bits per heavy atom. The van der Waals surface area contributed by atoms with Crippen LogP contribution in [0.5, 0.6) is 0 Å². The van der Waals surface area contributed by atoms with Crippen LogP contribution < -0.4 is 0 Å². The Morgan fingerprint density at radius 2 is 1.45 bits per heavy atom. The fraction of sp³-hybridized carbons (Fsp3) is 0.889. The van der Waals surface area contributed by atoms with Crippen LogP contribution in [0.1, 0.15) is 27.7 Å². The topological polar surface area (TPSA) is 17.1 Å². The summed E-state index contributed by atoms with van der Waals surface area (Å²) in [6.45, 7) is 8.52. The van der Waals surface area contributed by atoms with Crippen LogP contribution in [-0.4, -0.2) is 19.0 Å². The maximum atomic E-state index is 11.0. The Kier molecular flexibility index (Phi) is 5.06. The van der Waals surface area contributed by atoms with Gasteiger partial charge in [-0.3, -0.25) is 0 Å². The molecule has 0 unspecified atom stereocenters. The average Bonchev–Trinajstić information content (AvgIpc) is 2.00. The number of rotatable bonds is 5. The standard InChI is InChI=1S/C9H20GeO/c1-5-10(6-2,7-3)8-9(4)11/h5-8H2,1-4H3. The Labute approximate surface area is 72.9 Å². The van der Waals surface area contributed by atoms with E-state index in [1.165, 1.54) is 15.8 Å². The van der Waals surface area contributed by atoms with Gasteiger partial charge in [-0.05, 0) is 0 Å². The number of hydrogen-bond acceptors (Lipinski definition) is 1. The first-order chi connectivity index (χ1) is 5.10. The summed E-state index contributed by atoms with van der Waals surface area (Å²) in [6, 6.07) is 0. The van der Waals surface area contributed by atoms with Crippen molar-refractivity contribution in [2.24, 2.45) is 0 Å². The van der Waals surface area contributed by atoms with Gasteiger partial charge < -0.3 is 0 Å². The fourth-order valence-electron chi connectivity index (χ4n) is 1.65. The summed E-state index contributed by atoms with van der Waals surface area (Å²) >= 11 is -1.63. The summed E-state index contributed by atoms with van der Waals surface area (Å²) in [6.07, 6.45) is 0. The molecule has 2 heteroatoms. The van der Waals surface area contributed by atoms with Crippen molar-refractivity contribution in [2.75, 3.05) is 0 Å².